The van der Waals surface area contributed by atoms with Gasteiger partial charge in [-0.2, -0.15) is 5.10 Å². The Kier molecular flexibility index (Phi) is 4.96. The van der Waals surface area contributed by atoms with Crippen LogP contribution in [-0.2, 0) is 13.0 Å². The lowest BCUT2D eigenvalue weighted by Crippen LogP contribution is -2.29. The summed E-state index contributed by atoms with van der Waals surface area (Å²) < 4.78 is 1.95. The number of rotatable bonds is 6. The van der Waals surface area contributed by atoms with E-state index in [1.165, 1.54) is 5.56 Å². The van der Waals surface area contributed by atoms with Gasteiger partial charge in [0.2, 0.25) is 0 Å². The van der Waals surface area contributed by atoms with Gasteiger partial charge in [-0.25, -0.2) is 0 Å². The molecule has 1 aromatic heterocycles. The van der Waals surface area contributed by atoms with E-state index >= 15 is 0 Å². The standard InChI is InChI=1S/C14H19ClN4/c1-2-7-19-10-12(9-17-19)14(18-16)8-11-3-5-13(15)6-4-11/h3-6,9-10,14,18H,2,7-8,16H2,1H3. The average Bonchev–Trinajstić information content (AvgIpc) is 2.87. The molecule has 0 aliphatic rings. The molecule has 1 heterocycles. The van der Waals surface area contributed by atoms with Gasteiger partial charge in [-0.15, -0.1) is 0 Å². The number of aromatic nitrogens is 2. The molecule has 2 aromatic rings. The van der Waals surface area contributed by atoms with Crippen molar-refractivity contribution >= 4 is 11.6 Å². The summed E-state index contributed by atoms with van der Waals surface area (Å²) in [6, 6.07) is 7.88. The van der Waals surface area contributed by atoms with Crippen LogP contribution in [0.3, 0.4) is 0 Å². The van der Waals surface area contributed by atoms with Crippen LogP contribution in [-0.4, -0.2) is 9.78 Å². The number of hydrogen-bond donors (Lipinski definition) is 2. The highest BCUT2D eigenvalue weighted by Gasteiger charge is 2.12. The molecule has 0 amide bonds. The Morgan fingerprint density at radius 2 is 2.11 bits per heavy atom. The van der Waals surface area contributed by atoms with E-state index in [-0.39, 0.29) is 6.04 Å². The molecule has 0 bridgehead atoms. The van der Waals surface area contributed by atoms with E-state index in [1.54, 1.807) is 0 Å². The predicted octanol–water partition coefficient (Wildman–Crippen LogP) is 2.69. The van der Waals surface area contributed by atoms with Crippen molar-refractivity contribution in [1.82, 2.24) is 15.2 Å². The number of hydrogen-bond acceptors (Lipinski definition) is 3. The summed E-state index contributed by atoms with van der Waals surface area (Å²) in [5, 5.41) is 5.08. The van der Waals surface area contributed by atoms with E-state index in [9.17, 15) is 0 Å². The zero-order chi connectivity index (χ0) is 13.7. The molecule has 0 saturated heterocycles. The van der Waals surface area contributed by atoms with Crippen LogP contribution in [0.4, 0.5) is 0 Å². The second-order valence-electron chi connectivity index (χ2n) is 4.59. The topological polar surface area (TPSA) is 55.9 Å². The van der Waals surface area contributed by atoms with Gasteiger partial charge < -0.3 is 0 Å². The van der Waals surface area contributed by atoms with Crippen molar-refractivity contribution in [1.29, 1.82) is 0 Å². The second kappa shape index (κ2) is 6.70. The quantitative estimate of drug-likeness (QED) is 0.631. The fraction of sp³-hybridized carbons (Fsp3) is 0.357. The number of nitrogens with two attached hydrogens (primary N) is 1. The lowest BCUT2D eigenvalue weighted by Gasteiger charge is -2.14. The smallest absolute Gasteiger partial charge is 0.0538 e. The Bertz CT molecular complexity index is 506. The summed E-state index contributed by atoms with van der Waals surface area (Å²) in [5.41, 5.74) is 5.14. The van der Waals surface area contributed by atoms with Crippen molar-refractivity contribution in [2.24, 2.45) is 5.84 Å². The molecule has 5 heteroatoms. The maximum absolute atomic E-state index is 5.88. The third-order valence-electron chi connectivity index (χ3n) is 3.06. The van der Waals surface area contributed by atoms with E-state index in [4.69, 9.17) is 17.4 Å². The molecule has 0 saturated carbocycles. The minimum atomic E-state index is 0.0618. The Balaban J connectivity index is 2.08. The number of hydrazine groups is 1. The molecule has 2 rings (SSSR count). The fourth-order valence-electron chi connectivity index (χ4n) is 2.04. The molecule has 102 valence electrons. The van der Waals surface area contributed by atoms with Gasteiger partial charge in [-0.1, -0.05) is 30.7 Å². The van der Waals surface area contributed by atoms with E-state index < -0.39 is 0 Å². The molecule has 0 fully saturated rings. The Morgan fingerprint density at radius 3 is 2.74 bits per heavy atom. The van der Waals surface area contributed by atoms with Crippen LogP contribution in [0, 0.1) is 0 Å². The van der Waals surface area contributed by atoms with Gasteiger partial charge in [0.25, 0.3) is 0 Å². The van der Waals surface area contributed by atoms with E-state index in [0.717, 1.165) is 30.0 Å². The summed E-state index contributed by atoms with van der Waals surface area (Å²) in [6.07, 6.45) is 5.80. The lowest BCUT2D eigenvalue weighted by atomic mass is 10.0. The zero-order valence-corrected chi connectivity index (χ0v) is 11.8. The highest BCUT2D eigenvalue weighted by Crippen LogP contribution is 2.18. The molecule has 1 atom stereocenters. The molecule has 3 N–H and O–H groups in total. The fourth-order valence-corrected chi connectivity index (χ4v) is 2.17. The second-order valence-corrected chi connectivity index (χ2v) is 5.02. The zero-order valence-electron chi connectivity index (χ0n) is 11.0. The van der Waals surface area contributed by atoms with Gasteiger partial charge in [0, 0.05) is 23.3 Å². The van der Waals surface area contributed by atoms with Crippen molar-refractivity contribution < 1.29 is 0 Å². The van der Waals surface area contributed by atoms with Gasteiger partial charge in [0.1, 0.15) is 0 Å². The van der Waals surface area contributed by atoms with E-state index in [1.807, 2.05) is 41.3 Å². The summed E-state index contributed by atoms with van der Waals surface area (Å²) in [5.74, 6) is 5.65. The van der Waals surface area contributed by atoms with Crippen LogP contribution in [0.2, 0.25) is 5.02 Å². The molecule has 19 heavy (non-hydrogen) atoms. The number of nitrogens with zero attached hydrogens (tertiary/aromatic N) is 2. The van der Waals surface area contributed by atoms with Crippen molar-refractivity contribution in [3.8, 4) is 0 Å². The maximum Gasteiger partial charge on any atom is 0.0538 e. The largest absolute Gasteiger partial charge is 0.272 e. The van der Waals surface area contributed by atoms with Crippen LogP contribution in [0.5, 0.6) is 0 Å². The Labute approximate surface area is 118 Å². The van der Waals surface area contributed by atoms with Gasteiger partial charge >= 0.3 is 0 Å². The Morgan fingerprint density at radius 1 is 1.37 bits per heavy atom. The normalized spacial score (nSPS) is 12.6. The van der Waals surface area contributed by atoms with Crippen LogP contribution in [0.25, 0.3) is 0 Å². The SMILES string of the molecule is CCCn1cc(C(Cc2ccc(Cl)cc2)NN)cn1. The van der Waals surface area contributed by atoms with Crippen LogP contribution < -0.4 is 11.3 Å². The molecule has 0 aliphatic heterocycles. The third-order valence-corrected chi connectivity index (χ3v) is 3.31. The monoisotopic (exact) mass is 278 g/mol. The highest BCUT2D eigenvalue weighted by atomic mass is 35.5. The minimum absolute atomic E-state index is 0.0618. The van der Waals surface area contributed by atoms with Gasteiger partial charge in [0.15, 0.2) is 0 Å². The van der Waals surface area contributed by atoms with Crippen molar-refractivity contribution in [2.75, 3.05) is 0 Å². The molecule has 0 aliphatic carbocycles. The lowest BCUT2D eigenvalue weighted by molar-refractivity contribution is 0.549. The van der Waals surface area contributed by atoms with Gasteiger partial charge in [-0.05, 0) is 30.5 Å². The first kappa shape index (κ1) is 14.1. The molecular weight excluding hydrogens is 260 g/mol. The first-order chi connectivity index (χ1) is 9.22. The van der Waals surface area contributed by atoms with Crippen molar-refractivity contribution in [3.05, 3.63) is 52.8 Å². The third kappa shape index (κ3) is 3.80. The van der Waals surface area contributed by atoms with E-state index in [2.05, 4.69) is 17.4 Å². The van der Waals surface area contributed by atoms with Crippen LogP contribution in [0.15, 0.2) is 36.7 Å². The molecule has 4 nitrogen and oxygen atoms in total. The van der Waals surface area contributed by atoms with Crippen molar-refractivity contribution in [3.63, 3.8) is 0 Å². The van der Waals surface area contributed by atoms with Crippen LogP contribution >= 0.6 is 11.6 Å². The molecule has 1 aromatic carbocycles. The molecule has 0 radical (unpaired) electrons. The summed E-state index contributed by atoms with van der Waals surface area (Å²) in [4.78, 5) is 0. The average molecular weight is 279 g/mol. The number of halogens is 1. The minimum Gasteiger partial charge on any atom is -0.272 e. The first-order valence-corrected chi connectivity index (χ1v) is 6.83. The summed E-state index contributed by atoms with van der Waals surface area (Å²) in [6.45, 7) is 3.06. The van der Waals surface area contributed by atoms with Gasteiger partial charge in [0.05, 0.1) is 12.2 Å². The maximum atomic E-state index is 5.88. The molecule has 1 unspecified atom stereocenters. The number of benzene rings is 1. The van der Waals surface area contributed by atoms with E-state index in [0.29, 0.717) is 0 Å². The van der Waals surface area contributed by atoms with Gasteiger partial charge in [-0.3, -0.25) is 16.0 Å². The number of nitrogens with one attached hydrogen (secondary N) is 1. The summed E-state index contributed by atoms with van der Waals surface area (Å²) >= 11 is 5.88. The number of aryl methyl sites for hydroxylation is 1. The molecule has 0 spiro atoms. The highest BCUT2D eigenvalue weighted by molar-refractivity contribution is 6.30. The molecular formula is C14H19ClN4. The van der Waals surface area contributed by atoms with Crippen molar-refractivity contribution in [2.45, 2.75) is 32.4 Å². The Hall–Kier alpha value is -1.36. The first-order valence-electron chi connectivity index (χ1n) is 6.46. The van der Waals surface area contributed by atoms with Crippen LogP contribution in [0.1, 0.15) is 30.5 Å². The summed E-state index contributed by atoms with van der Waals surface area (Å²) in [7, 11) is 0. The predicted molar refractivity (Wildman–Crippen MR) is 77.7 cm³/mol.